The molecule has 19 heavy (non-hydrogen) atoms. The van der Waals surface area contributed by atoms with Crippen molar-refractivity contribution in [2.45, 2.75) is 25.5 Å². The van der Waals surface area contributed by atoms with E-state index >= 15 is 0 Å². The van der Waals surface area contributed by atoms with Crippen molar-refractivity contribution in [2.75, 3.05) is 33.4 Å². The molecule has 1 fully saturated rings. The zero-order chi connectivity index (χ0) is 13.5. The van der Waals surface area contributed by atoms with Gasteiger partial charge in [0.1, 0.15) is 5.75 Å². The van der Waals surface area contributed by atoms with Crippen LogP contribution in [0.5, 0.6) is 5.75 Å². The molecule has 1 unspecified atom stereocenters. The Kier molecular flexibility index (Phi) is 5.63. The molecule has 1 atom stereocenters. The van der Waals surface area contributed by atoms with Crippen molar-refractivity contribution in [3.05, 3.63) is 29.8 Å². The van der Waals surface area contributed by atoms with Crippen LogP contribution in [0.3, 0.4) is 0 Å². The van der Waals surface area contributed by atoms with E-state index in [4.69, 9.17) is 15.2 Å². The average Bonchev–Trinajstić information content (AvgIpc) is 2.92. The van der Waals surface area contributed by atoms with Gasteiger partial charge in [-0.3, -0.25) is 4.90 Å². The van der Waals surface area contributed by atoms with Crippen molar-refractivity contribution in [1.29, 1.82) is 0 Å². The molecular formula is C15H24N2O2. The Balaban J connectivity index is 1.94. The van der Waals surface area contributed by atoms with Crippen molar-refractivity contribution in [3.63, 3.8) is 0 Å². The second kappa shape index (κ2) is 7.48. The van der Waals surface area contributed by atoms with Gasteiger partial charge in [-0.1, -0.05) is 12.1 Å². The lowest BCUT2D eigenvalue weighted by molar-refractivity contribution is 0.0716. The third-order valence-electron chi connectivity index (χ3n) is 3.47. The number of hydrogen-bond donors (Lipinski definition) is 1. The topological polar surface area (TPSA) is 47.7 Å². The molecule has 0 amide bonds. The Morgan fingerprint density at radius 2 is 2.37 bits per heavy atom. The quantitative estimate of drug-likeness (QED) is 0.813. The van der Waals surface area contributed by atoms with E-state index in [1.165, 1.54) is 18.4 Å². The summed E-state index contributed by atoms with van der Waals surface area (Å²) in [5.41, 5.74) is 6.96. The van der Waals surface area contributed by atoms with E-state index < -0.39 is 0 Å². The van der Waals surface area contributed by atoms with Gasteiger partial charge < -0.3 is 15.2 Å². The molecule has 0 bridgehead atoms. The summed E-state index contributed by atoms with van der Waals surface area (Å²) >= 11 is 0. The van der Waals surface area contributed by atoms with Crippen LogP contribution in [0.2, 0.25) is 0 Å². The molecular weight excluding hydrogens is 240 g/mol. The Morgan fingerprint density at radius 3 is 3.05 bits per heavy atom. The summed E-state index contributed by atoms with van der Waals surface area (Å²) in [5.74, 6) is 0.905. The largest absolute Gasteiger partial charge is 0.497 e. The molecule has 0 spiro atoms. The third kappa shape index (κ3) is 4.49. The van der Waals surface area contributed by atoms with Gasteiger partial charge in [0.15, 0.2) is 0 Å². The Morgan fingerprint density at radius 1 is 1.47 bits per heavy atom. The fourth-order valence-electron chi connectivity index (χ4n) is 2.52. The summed E-state index contributed by atoms with van der Waals surface area (Å²) in [6.07, 6.45) is 2.72. The van der Waals surface area contributed by atoms with Gasteiger partial charge in [-0.2, -0.15) is 0 Å². The first-order valence-corrected chi connectivity index (χ1v) is 6.99. The molecule has 1 saturated heterocycles. The second-order valence-corrected chi connectivity index (χ2v) is 5.01. The Bertz CT molecular complexity index is 378. The van der Waals surface area contributed by atoms with Crippen LogP contribution < -0.4 is 10.5 Å². The minimum atomic E-state index is 0.372. The highest BCUT2D eigenvalue weighted by molar-refractivity contribution is 5.28. The van der Waals surface area contributed by atoms with Crippen LogP contribution in [-0.4, -0.2) is 44.4 Å². The van der Waals surface area contributed by atoms with Gasteiger partial charge in [-0.25, -0.2) is 0 Å². The number of benzene rings is 1. The molecule has 0 aromatic heterocycles. The van der Waals surface area contributed by atoms with Crippen LogP contribution in [-0.2, 0) is 11.3 Å². The normalized spacial score (nSPS) is 19.0. The Hall–Kier alpha value is -1.10. The number of hydrogen-bond acceptors (Lipinski definition) is 4. The highest BCUT2D eigenvalue weighted by atomic mass is 16.5. The molecule has 0 saturated carbocycles. The number of ether oxygens (including phenoxy) is 2. The molecule has 2 rings (SSSR count). The molecule has 1 aromatic rings. The number of rotatable bonds is 7. The summed E-state index contributed by atoms with van der Waals surface area (Å²) in [4.78, 5) is 2.37. The predicted octanol–water partition coefficient (Wildman–Crippen LogP) is 1.63. The van der Waals surface area contributed by atoms with Crippen molar-refractivity contribution in [2.24, 2.45) is 5.73 Å². The number of nitrogens with zero attached hydrogens (tertiary/aromatic N) is 1. The molecule has 106 valence electrons. The number of nitrogens with two attached hydrogens (primary N) is 1. The maximum atomic E-state index is 5.71. The predicted molar refractivity (Wildman–Crippen MR) is 76.3 cm³/mol. The molecule has 1 aliphatic rings. The van der Waals surface area contributed by atoms with E-state index in [2.05, 4.69) is 17.0 Å². The van der Waals surface area contributed by atoms with E-state index in [0.29, 0.717) is 12.6 Å². The molecule has 4 nitrogen and oxygen atoms in total. The summed E-state index contributed by atoms with van der Waals surface area (Å²) in [7, 11) is 1.70. The maximum Gasteiger partial charge on any atom is 0.119 e. The smallest absolute Gasteiger partial charge is 0.119 e. The molecule has 2 N–H and O–H groups in total. The zero-order valence-corrected chi connectivity index (χ0v) is 11.7. The zero-order valence-electron chi connectivity index (χ0n) is 11.7. The van der Waals surface area contributed by atoms with Crippen LogP contribution in [0.25, 0.3) is 0 Å². The standard InChI is InChI=1S/C15H24N2O2/c1-18-14-5-2-4-13(10-14)11-17(8-7-16)12-15-6-3-9-19-15/h2,4-5,10,15H,3,6-9,11-12,16H2,1H3. The monoisotopic (exact) mass is 264 g/mol. The average molecular weight is 264 g/mol. The summed E-state index contributed by atoms with van der Waals surface area (Å²) < 4.78 is 11.0. The van der Waals surface area contributed by atoms with E-state index in [1.807, 2.05) is 12.1 Å². The van der Waals surface area contributed by atoms with Crippen molar-refractivity contribution >= 4 is 0 Å². The third-order valence-corrected chi connectivity index (χ3v) is 3.47. The van der Waals surface area contributed by atoms with Crippen LogP contribution in [0.1, 0.15) is 18.4 Å². The molecule has 0 aliphatic carbocycles. The van der Waals surface area contributed by atoms with E-state index in [0.717, 1.165) is 32.0 Å². The first kappa shape index (κ1) is 14.3. The fourth-order valence-corrected chi connectivity index (χ4v) is 2.52. The molecule has 0 radical (unpaired) electrons. The lowest BCUT2D eigenvalue weighted by Gasteiger charge is -2.24. The van der Waals surface area contributed by atoms with Crippen LogP contribution in [0.15, 0.2) is 24.3 Å². The Labute approximate surface area is 115 Å². The fraction of sp³-hybridized carbons (Fsp3) is 0.600. The van der Waals surface area contributed by atoms with Gasteiger partial charge in [0.2, 0.25) is 0 Å². The minimum Gasteiger partial charge on any atom is -0.497 e. The lowest BCUT2D eigenvalue weighted by atomic mass is 10.1. The molecule has 1 heterocycles. The first-order valence-electron chi connectivity index (χ1n) is 6.99. The minimum absolute atomic E-state index is 0.372. The van der Waals surface area contributed by atoms with E-state index in [1.54, 1.807) is 7.11 Å². The van der Waals surface area contributed by atoms with E-state index in [-0.39, 0.29) is 0 Å². The molecule has 4 heteroatoms. The maximum absolute atomic E-state index is 5.71. The van der Waals surface area contributed by atoms with Crippen LogP contribution >= 0.6 is 0 Å². The highest BCUT2D eigenvalue weighted by Crippen LogP contribution is 2.17. The van der Waals surface area contributed by atoms with Crippen molar-refractivity contribution in [1.82, 2.24) is 4.90 Å². The second-order valence-electron chi connectivity index (χ2n) is 5.01. The van der Waals surface area contributed by atoms with Crippen molar-refractivity contribution in [3.8, 4) is 5.75 Å². The van der Waals surface area contributed by atoms with Gasteiger partial charge in [-0.15, -0.1) is 0 Å². The van der Waals surface area contributed by atoms with Gasteiger partial charge in [0, 0.05) is 32.8 Å². The van der Waals surface area contributed by atoms with Gasteiger partial charge >= 0.3 is 0 Å². The van der Waals surface area contributed by atoms with Gasteiger partial charge in [-0.05, 0) is 30.5 Å². The molecule has 1 aromatic carbocycles. The summed E-state index contributed by atoms with van der Waals surface area (Å²) in [6.45, 7) is 4.34. The van der Waals surface area contributed by atoms with Crippen LogP contribution in [0.4, 0.5) is 0 Å². The highest BCUT2D eigenvalue weighted by Gasteiger charge is 2.19. The lowest BCUT2D eigenvalue weighted by Crippen LogP contribution is -2.35. The summed E-state index contributed by atoms with van der Waals surface area (Å²) in [5, 5.41) is 0. The molecule has 1 aliphatic heterocycles. The first-order chi connectivity index (χ1) is 9.31. The van der Waals surface area contributed by atoms with Gasteiger partial charge in [0.25, 0.3) is 0 Å². The van der Waals surface area contributed by atoms with E-state index in [9.17, 15) is 0 Å². The number of methoxy groups -OCH3 is 1. The van der Waals surface area contributed by atoms with Gasteiger partial charge in [0.05, 0.1) is 13.2 Å². The van der Waals surface area contributed by atoms with Crippen molar-refractivity contribution < 1.29 is 9.47 Å². The summed E-state index contributed by atoms with van der Waals surface area (Å²) in [6, 6.07) is 8.21. The van der Waals surface area contributed by atoms with Crippen LogP contribution in [0, 0.1) is 0 Å². The SMILES string of the molecule is COc1cccc(CN(CCN)CC2CCCO2)c1.